The lowest BCUT2D eigenvalue weighted by Gasteiger charge is -2.34. The van der Waals surface area contributed by atoms with E-state index in [1.54, 1.807) is 34.1 Å². The van der Waals surface area contributed by atoms with Gasteiger partial charge in [0.15, 0.2) is 0 Å². The summed E-state index contributed by atoms with van der Waals surface area (Å²) in [7, 11) is 1.83. The molecule has 0 radical (unpaired) electrons. The molecule has 0 aromatic carbocycles. The maximum absolute atomic E-state index is 13.6. The summed E-state index contributed by atoms with van der Waals surface area (Å²) in [6.07, 6.45) is 1.33. The fraction of sp³-hybridized carbons (Fsp3) is 0.621. The molecule has 1 saturated carbocycles. The highest BCUT2D eigenvalue weighted by Crippen LogP contribution is 2.57. The van der Waals surface area contributed by atoms with E-state index in [0.29, 0.717) is 23.1 Å². The van der Waals surface area contributed by atoms with Gasteiger partial charge in [-0.25, -0.2) is 4.98 Å². The molecule has 2 aliphatic heterocycles. The number of halogens is 3. The molecule has 2 atom stereocenters. The first-order valence-electron chi connectivity index (χ1n) is 14.2. The molecular formula is C29H40F3N7O2S. The number of hydrogen-bond donors (Lipinski definition) is 2. The van der Waals surface area contributed by atoms with Crippen LogP contribution in [0.4, 0.5) is 24.8 Å². The topological polar surface area (TPSA) is 87.5 Å². The Morgan fingerprint density at radius 1 is 1.24 bits per heavy atom. The summed E-state index contributed by atoms with van der Waals surface area (Å²) in [4.78, 5) is 21.6. The van der Waals surface area contributed by atoms with Gasteiger partial charge in [0, 0.05) is 31.5 Å². The fourth-order valence-corrected chi connectivity index (χ4v) is 6.23. The molecule has 5 rings (SSSR count). The second-order valence-electron chi connectivity index (χ2n) is 13.4. The number of ether oxygens (including phenoxy) is 1. The summed E-state index contributed by atoms with van der Waals surface area (Å²) >= 11 is 1.21. The monoisotopic (exact) mass is 607 g/mol. The Labute approximate surface area is 249 Å². The number of nitrogens with one attached hydrogen (secondary N) is 2. The Morgan fingerprint density at radius 2 is 1.95 bits per heavy atom. The van der Waals surface area contributed by atoms with E-state index in [4.69, 9.17) is 9.72 Å². The number of aromatic nitrogens is 3. The summed E-state index contributed by atoms with van der Waals surface area (Å²) in [6.45, 7) is 13.2. The number of carbonyl (C=O) groups is 1. The van der Waals surface area contributed by atoms with Crippen LogP contribution in [0.1, 0.15) is 69.9 Å². The largest absolute Gasteiger partial charge is 0.396 e. The summed E-state index contributed by atoms with van der Waals surface area (Å²) in [5.74, 6) is 1.16. The van der Waals surface area contributed by atoms with Crippen LogP contribution in [0.25, 0.3) is 0 Å². The molecule has 1 amide bonds. The molecule has 9 nitrogen and oxygen atoms in total. The van der Waals surface area contributed by atoms with Crippen molar-refractivity contribution >= 4 is 29.5 Å². The lowest BCUT2D eigenvalue weighted by molar-refractivity contribution is -0.204. The van der Waals surface area contributed by atoms with Crippen LogP contribution in [0.3, 0.4) is 0 Å². The summed E-state index contributed by atoms with van der Waals surface area (Å²) in [5, 5.41) is 5.96. The molecule has 0 spiro atoms. The lowest BCUT2D eigenvalue weighted by Crippen LogP contribution is -2.42. The van der Waals surface area contributed by atoms with Crippen molar-refractivity contribution in [3.8, 4) is 0 Å². The highest BCUT2D eigenvalue weighted by Gasteiger charge is 2.63. The van der Waals surface area contributed by atoms with E-state index in [1.165, 1.54) is 11.9 Å². The van der Waals surface area contributed by atoms with Gasteiger partial charge in [0.05, 0.1) is 28.2 Å². The first kappa shape index (κ1) is 30.7. The van der Waals surface area contributed by atoms with Crippen molar-refractivity contribution in [3.05, 3.63) is 41.9 Å². The fourth-order valence-electron chi connectivity index (χ4n) is 5.52. The zero-order valence-corrected chi connectivity index (χ0v) is 26.0. The molecule has 0 bridgehead atoms. The van der Waals surface area contributed by atoms with Gasteiger partial charge in [-0.15, -0.1) is 0 Å². The van der Waals surface area contributed by atoms with Crippen LogP contribution in [0.2, 0.25) is 0 Å². The quantitative estimate of drug-likeness (QED) is 0.368. The number of nitrogens with zero attached hydrogens (tertiary/aromatic N) is 5. The lowest BCUT2D eigenvalue weighted by atomic mass is 9.78. The number of aryl methyl sites for hydroxylation is 2. The third-order valence-corrected chi connectivity index (χ3v) is 9.51. The van der Waals surface area contributed by atoms with E-state index >= 15 is 0 Å². The van der Waals surface area contributed by atoms with Crippen LogP contribution in [0.15, 0.2) is 35.5 Å². The zero-order valence-electron chi connectivity index (χ0n) is 25.2. The molecule has 2 N–H and O–H groups in total. The number of rotatable bonds is 8. The molecule has 2 unspecified atom stereocenters. The van der Waals surface area contributed by atoms with Gasteiger partial charge in [0.25, 0.3) is 5.91 Å². The standard InChI is InChI=1S/C29H40F3N7O2S/c1-18-21(16-37(7)34-18)42-36-25(40)20-8-9-22(33-24(20)38-15-19(26(2,3)4)14-27(38,5)6)39-13-10-23(35-39)41-17-28(11-12-28)29(30,31)32/h8-10,13,16,19,23,35H,11-12,14-15,17H2,1-7H3,(H,36,40). The molecule has 2 aromatic heterocycles. The number of hydrogen-bond acceptors (Lipinski definition) is 8. The average Bonchev–Trinajstić information content (AvgIpc) is 3.25. The van der Waals surface area contributed by atoms with Crippen LogP contribution >= 0.6 is 11.9 Å². The van der Waals surface area contributed by atoms with E-state index in [1.807, 2.05) is 20.2 Å². The predicted octanol–water partition coefficient (Wildman–Crippen LogP) is 5.74. The van der Waals surface area contributed by atoms with Gasteiger partial charge in [-0.2, -0.15) is 23.7 Å². The summed E-state index contributed by atoms with van der Waals surface area (Å²) in [6, 6.07) is 3.47. The van der Waals surface area contributed by atoms with Crippen LogP contribution in [0, 0.1) is 23.7 Å². The number of hydrazine groups is 1. The van der Waals surface area contributed by atoms with Gasteiger partial charge in [-0.1, -0.05) is 20.8 Å². The maximum Gasteiger partial charge on any atom is 0.396 e. The minimum atomic E-state index is -4.27. The Bertz CT molecular complexity index is 1360. The molecule has 4 heterocycles. The molecule has 2 aromatic rings. The van der Waals surface area contributed by atoms with Crippen molar-refractivity contribution in [2.24, 2.45) is 23.8 Å². The van der Waals surface area contributed by atoms with Crippen molar-refractivity contribution < 1.29 is 22.7 Å². The molecule has 1 aliphatic carbocycles. The van der Waals surface area contributed by atoms with Crippen LogP contribution in [-0.2, 0) is 11.8 Å². The third-order valence-electron chi connectivity index (χ3n) is 8.60. The Balaban J connectivity index is 1.38. The molecule has 13 heteroatoms. The molecule has 2 fully saturated rings. The molecule has 1 saturated heterocycles. The summed E-state index contributed by atoms with van der Waals surface area (Å²) < 4.78 is 50.3. The second-order valence-corrected chi connectivity index (χ2v) is 14.2. The first-order chi connectivity index (χ1) is 19.5. The zero-order chi connectivity index (χ0) is 30.7. The van der Waals surface area contributed by atoms with Crippen molar-refractivity contribution in [3.63, 3.8) is 0 Å². The minimum Gasteiger partial charge on any atom is -0.357 e. The van der Waals surface area contributed by atoms with Crippen LogP contribution < -0.4 is 20.1 Å². The van der Waals surface area contributed by atoms with Crippen molar-refractivity contribution in [2.45, 2.75) is 83.6 Å². The van der Waals surface area contributed by atoms with Crippen LogP contribution in [-0.4, -0.2) is 51.8 Å². The Hall–Kier alpha value is -2.77. The molecular weight excluding hydrogens is 567 g/mol. The first-order valence-corrected chi connectivity index (χ1v) is 15.0. The van der Waals surface area contributed by atoms with Crippen LogP contribution in [0.5, 0.6) is 0 Å². The second kappa shape index (κ2) is 10.7. The summed E-state index contributed by atoms with van der Waals surface area (Å²) in [5.41, 5.74) is 2.39. The van der Waals surface area contributed by atoms with Gasteiger partial charge in [0.1, 0.15) is 17.9 Å². The Morgan fingerprint density at radius 3 is 2.52 bits per heavy atom. The van der Waals surface area contributed by atoms with Gasteiger partial charge in [-0.3, -0.25) is 19.2 Å². The Kier molecular flexibility index (Phi) is 7.85. The molecule has 42 heavy (non-hydrogen) atoms. The number of alkyl halides is 3. The smallest absolute Gasteiger partial charge is 0.357 e. The number of amides is 1. The predicted molar refractivity (Wildman–Crippen MR) is 157 cm³/mol. The van der Waals surface area contributed by atoms with E-state index in [0.717, 1.165) is 23.6 Å². The normalized spacial score (nSPS) is 23.1. The number of pyridine rings is 1. The highest BCUT2D eigenvalue weighted by atomic mass is 32.2. The number of carbonyl (C=O) groups excluding carboxylic acids is 1. The third kappa shape index (κ3) is 6.14. The van der Waals surface area contributed by atoms with E-state index in [2.05, 4.69) is 54.8 Å². The average molecular weight is 608 g/mol. The van der Waals surface area contributed by atoms with Gasteiger partial charge in [0.2, 0.25) is 0 Å². The molecule has 230 valence electrons. The molecule has 3 aliphatic rings. The highest BCUT2D eigenvalue weighted by molar-refractivity contribution is 7.98. The van der Waals surface area contributed by atoms with Crippen molar-refractivity contribution in [1.82, 2.24) is 24.9 Å². The van der Waals surface area contributed by atoms with E-state index < -0.39 is 24.4 Å². The van der Waals surface area contributed by atoms with Gasteiger partial charge >= 0.3 is 6.18 Å². The number of anilines is 2. The SMILES string of the molecule is Cc1nn(C)cc1SNC(=O)c1ccc(N2C=CC(OCC3(C(F)(F)F)CC3)N2)nc1N1CC(C(C)(C)C)CC1(C)C. The van der Waals surface area contributed by atoms with E-state index in [-0.39, 0.29) is 29.7 Å². The van der Waals surface area contributed by atoms with Crippen molar-refractivity contribution in [2.75, 3.05) is 23.1 Å². The minimum absolute atomic E-state index is 0.0683. The van der Waals surface area contributed by atoms with Crippen molar-refractivity contribution in [1.29, 1.82) is 0 Å². The van der Waals surface area contributed by atoms with Gasteiger partial charge < -0.3 is 9.64 Å². The maximum atomic E-state index is 13.6. The van der Waals surface area contributed by atoms with Gasteiger partial charge in [-0.05, 0) is 81.5 Å². The van der Waals surface area contributed by atoms with E-state index in [9.17, 15) is 18.0 Å².